The molecule has 1 amide bonds. The number of hydrogen-bond acceptors (Lipinski definition) is 4. The number of methoxy groups -OCH3 is 1. The average Bonchev–Trinajstić information content (AvgIpc) is 2.89. The third-order valence-corrected chi connectivity index (χ3v) is 3.40. The molecule has 0 spiro atoms. The third-order valence-electron chi connectivity index (χ3n) is 3.40. The van der Waals surface area contributed by atoms with E-state index in [1.54, 1.807) is 14.0 Å². The quantitative estimate of drug-likeness (QED) is 0.887. The van der Waals surface area contributed by atoms with Gasteiger partial charge in [0.1, 0.15) is 11.3 Å². The second-order valence-electron chi connectivity index (χ2n) is 4.76. The second kappa shape index (κ2) is 7.04. The summed E-state index contributed by atoms with van der Waals surface area (Å²) in [6.45, 7) is 4.08. The fourth-order valence-corrected chi connectivity index (χ4v) is 2.23. The third kappa shape index (κ3) is 3.49. The molecule has 0 saturated carbocycles. The monoisotopic (exact) mass is 288 g/mol. The number of rotatable bonds is 6. The van der Waals surface area contributed by atoms with Crippen molar-refractivity contribution in [1.82, 2.24) is 10.5 Å². The van der Waals surface area contributed by atoms with E-state index in [0.29, 0.717) is 30.0 Å². The number of hydrogen-bond donors (Lipinski definition) is 1. The molecule has 2 rings (SSSR count). The molecule has 1 aromatic heterocycles. The fourth-order valence-electron chi connectivity index (χ4n) is 2.23. The summed E-state index contributed by atoms with van der Waals surface area (Å²) in [6, 6.07) is 9.79. The first kappa shape index (κ1) is 15.3. The van der Waals surface area contributed by atoms with Gasteiger partial charge in [-0.25, -0.2) is 0 Å². The van der Waals surface area contributed by atoms with Crippen LogP contribution < -0.4 is 5.32 Å². The normalized spacial score (nSPS) is 12.1. The molecule has 112 valence electrons. The van der Waals surface area contributed by atoms with Gasteiger partial charge in [0.25, 0.3) is 5.91 Å². The number of aromatic nitrogens is 1. The number of benzene rings is 1. The van der Waals surface area contributed by atoms with Crippen LogP contribution in [-0.2, 0) is 11.2 Å². The Hall–Kier alpha value is -2.14. The van der Waals surface area contributed by atoms with Crippen molar-refractivity contribution in [2.24, 2.45) is 0 Å². The van der Waals surface area contributed by atoms with E-state index in [1.165, 1.54) is 0 Å². The van der Waals surface area contributed by atoms with Crippen LogP contribution in [0.25, 0.3) is 0 Å². The molecule has 0 radical (unpaired) electrons. The Balaban J connectivity index is 2.04. The molecular weight excluding hydrogens is 268 g/mol. The van der Waals surface area contributed by atoms with Gasteiger partial charge < -0.3 is 14.6 Å². The number of ether oxygens (including phenoxy) is 1. The minimum atomic E-state index is -0.180. The van der Waals surface area contributed by atoms with Crippen molar-refractivity contribution in [2.75, 3.05) is 13.7 Å². The van der Waals surface area contributed by atoms with Gasteiger partial charge in [0.15, 0.2) is 0 Å². The molecule has 0 bridgehead atoms. The molecule has 5 heteroatoms. The van der Waals surface area contributed by atoms with Gasteiger partial charge >= 0.3 is 0 Å². The summed E-state index contributed by atoms with van der Waals surface area (Å²) in [5.74, 6) is 0.363. The average molecular weight is 288 g/mol. The number of carbonyl (C=O) groups is 1. The van der Waals surface area contributed by atoms with Gasteiger partial charge in [-0.3, -0.25) is 4.79 Å². The zero-order valence-corrected chi connectivity index (χ0v) is 12.6. The van der Waals surface area contributed by atoms with Crippen molar-refractivity contribution in [1.29, 1.82) is 0 Å². The molecule has 1 aromatic carbocycles. The molecular formula is C16H20N2O3. The Morgan fingerprint density at radius 3 is 2.71 bits per heavy atom. The maximum absolute atomic E-state index is 12.3. The number of aryl methyl sites for hydroxylation is 2. The zero-order chi connectivity index (χ0) is 15.2. The standard InChI is InChI=1S/C16H20N2O3/c1-4-13-15(11(2)21-18-13)16(19)17-10-14(20-3)12-8-6-5-7-9-12/h5-9,14H,4,10H2,1-3H3,(H,17,19)/t14-/m0/s1. The van der Waals surface area contributed by atoms with Crippen molar-refractivity contribution in [3.63, 3.8) is 0 Å². The topological polar surface area (TPSA) is 64.4 Å². The van der Waals surface area contributed by atoms with Gasteiger partial charge in [-0.1, -0.05) is 42.4 Å². The largest absolute Gasteiger partial charge is 0.375 e. The van der Waals surface area contributed by atoms with Gasteiger partial charge in [0.2, 0.25) is 0 Å². The molecule has 0 aliphatic heterocycles. The summed E-state index contributed by atoms with van der Waals surface area (Å²) >= 11 is 0. The second-order valence-corrected chi connectivity index (χ2v) is 4.76. The molecule has 21 heavy (non-hydrogen) atoms. The van der Waals surface area contributed by atoms with Crippen LogP contribution in [0, 0.1) is 6.92 Å². The highest BCUT2D eigenvalue weighted by atomic mass is 16.5. The minimum Gasteiger partial charge on any atom is -0.375 e. The summed E-state index contributed by atoms with van der Waals surface area (Å²) in [5.41, 5.74) is 2.23. The molecule has 5 nitrogen and oxygen atoms in total. The van der Waals surface area contributed by atoms with Crippen LogP contribution in [0.1, 0.15) is 40.4 Å². The summed E-state index contributed by atoms with van der Waals surface area (Å²) in [6.07, 6.45) is 0.479. The van der Waals surface area contributed by atoms with Crippen LogP contribution in [0.15, 0.2) is 34.9 Å². The molecule has 1 heterocycles. The SMILES string of the molecule is CCc1noc(C)c1C(=O)NC[C@H](OC)c1ccccc1. The molecule has 1 atom stereocenters. The van der Waals surface area contributed by atoms with E-state index in [9.17, 15) is 4.79 Å². The van der Waals surface area contributed by atoms with Crippen molar-refractivity contribution in [3.8, 4) is 0 Å². The number of amides is 1. The first-order valence-corrected chi connectivity index (χ1v) is 6.98. The van der Waals surface area contributed by atoms with E-state index in [4.69, 9.17) is 9.26 Å². The summed E-state index contributed by atoms with van der Waals surface area (Å²) in [4.78, 5) is 12.3. The van der Waals surface area contributed by atoms with Gasteiger partial charge in [-0.2, -0.15) is 0 Å². The van der Waals surface area contributed by atoms with E-state index in [2.05, 4.69) is 10.5 Å². The molecule has 0 fully saturated rings. The van der Waals surface area contributed by atoms with Crippen LogP contribution in [0.5, 0.6) is 0 Å². The van der Waals surface area contributed by atoms with E-state index in [1.807, 2.05) is 37.3 Å². The van der Waals surface area contributed by atoms with Crippen LogP contribution >= 0.6 is 0 Å². The lowest BCUT2D eigenvalue weighted by atomic mass is 10.1. The van der Waals surface area contributed by atoms with Crippen LogP contribution in [-0.4, -0.2) is 24.7 Å². The first-order chi connectivity index (χ1) is 10.2. The maximum Gasteiger partial charge on any atom is 0.256 e. The summed E-state index contributed by atoms with van der Waals surface area (Å²) < 4.78 is 10.5. The van der Waals surface area contributed by atoms with Crippen molar-refractivity contribution >= 4 is 5.91 Å². The van der Waals surface area contributed by atoms with Crippen molar-refractivity contribution in [3.05, 3.63) is 52.9 Å². The van der Waals surface area contributed by atoms with Crippen LogP contribution in [0.3, 0.4) is 0 Å². The molecule has 0 unspecified atom stereocenters. The number of nitrogens with zero attached hydrogens (tertiary/aromatic N) is 1. The van der Waals surface area contributed by atoms with Crippen molar-refractivity contribution < 1.29 is 14.1 Å². The predicted octanol–water partition coefficient (Wildman–Crippen LogP) is 2.66. The van der Waals surface area contributed by atoms with E-state index >= 15 is 0 Å². The highest BCUT2D eigenvalue weighted by Crippen LogP contribution is 2.17. The summed E-state index contributed by atoms with van der Waals surface area (Å²) in [5, 5.41) is 6.78. The maximum atomic E-state index is 12.3. The van der Waals surface area contributed by atoms with Crippen molar-refractivity contribution in [2.45, 2.75) is 26.4 Å². The molecule has 0 aliphatic rings. The lowest BCUT2D eigenvalue weighted by Gasteiger charge is -2.16. The highest BCUT2D eigenvalue weighted by Gasteiger charge is 2.20. The number of nitrogens with one attached hydrogen (secondary N) is 1. The Labute approximate surface area is 124 Å². The molecule has 1 N–H and O–H groups in total. The lowest BCUT2D eigenvalue weighted by Crippen LogP contribution is -2.30. The fraction of sp³-hybridized carbons (Fsp3) is 0.375. The first-order valence-electron chi connectivity index (χ1n) is 6.98. The lowest BCUT2D eigenvalue weighted by molar-refractivity contribution is 0.0826. The smallest absolute Gasteiger partial charge is 0.256 e. The number of carbonyl (C=O) groups excluding carboxylic acids is 1. The zero-order valence-electron chi connectivity index (χ0n) is 12.6. The Morgan fingerprint density at radius 2 is 2.10 bits per heavy atom. The van der Waals surface area contributed by atoms with E-state index in [-0.39, 0.29) is 12.0 Å². The highest BCUT2D eigenvalue weighted by molar-refractivity contribution is 5.96. The Morgan fingerprint density at radius 1 is 1.38 bits per heavy atom. The predicted molar refractivity (Wildman–Crippen MR) is 79.1 cm³/mol. The van der Waals surface area contributed by atoms with Crippen LogP contribution in [0.2, 0.25) is 0 Å². The Bertz CT molecular complexity index is 593. The van der Waals surface area contributed by atoms with Crippen LogP contribution in [0.4, 0.5) is 0 Å². The van der Waals surface area contributed by atoms with E-state index < -0.39 is 0 Å². The van der Waals surface area contributed by atoms with E-state index in [0.717, 1.165) is 5.56 Å². The van der Waals surface area contributed by atoms with Gasteiger partial charge in [-0.05, 0) is 18.9 Å². The molecule has 0 saturated heterocycles. The molecule has 0 aliphatic carbocycles. The van der Waals surface area contributed by atoms with Gasteiger partial charge in [0, 0.05) is 13.7 Å². The molecule has 2 aromatic rings. The van der Waals surface area contributed by atoms with Gasteiger partial charge in [0.05, 0.1) is 11.8 Å². The summed E-state index contributed by atoms with van der Waals surface area (Å²) in [7, 11) is 1.63. The minimum absolute atomic E-state index is 0.177. The Kier molecular flexibility index (Phi) is 5.11. The van der Waals surface area contributed by atoms with Gasteiger partial charge in [-0.15, -0.1) is 0 Å².